The quantitative estimate of drug-likeness (QED) is 0.752. The summed E-state index contributed by atoms with van der Waals surface area (Å²) in [7, 11) is -0.892. The number of hydrogen-bond acceptors (Lipinski definition) is 4. The molecule has 5 nitrogen and oxygen atoms in total. The molecule has 2 atom stereocenters. The number of nitrogens with zero attached hydrogens (tertiary/aromatic N) is 2. The van der Waals surface area contributed by atoms with E-state index in [9.17, 15) is 13.2 Å². The third kappa shape index (κ3) is 3.48. The number of carbonyl (C=O) groups is 1. The first kappa shape index (κ1) is 14.8. The molecule has 0 aromatic heterocycles. The van der Waals surface area contributed by atoms with Crippen LogP contribution < -0.4 is 0 Å². The third-order valence-electron chi connectivity index (χ3n) is 4.25. The Morgan fingerprint density at radius 1 is 1.37 bits per heavy atom. The number of rotatable bonds is 3. The Bertz CT molecular complexity index is 435. The van der Waals surface area contributed by atoms with Gasteiger partial charge in [0.2, 0.25) is 5.91 Å². The SMILES string of the molecule is CCN(C(=O)C1CCCN(C)C1)C1CCS(=O)(=O)C1. The fourth-order valence-electron chi connectivity index (χ4n) is 3.22. The first-order chi connectivity index (χ1) is 8.93. The molecule has 2 aliphatic rings. The van der Waals surface area contributed by atoms with Crippen molar-refractivity contribution in [1.29, 1.82) is 0 Å². The van der Waals surface area contributed by atoms with Crippen LogP contribution in [0.1, 0.15) is 26.2 Å². The average molecular weight is 288 g/mol. The first-order valence-corrected chi connectivity index (χ1v) is 8.94. The predicted octanol–water partition coefficient (Wildman–Crippen LogP) is 0.364. The van der Waals surface area contributed by atoms with Gasteiger partial charge in [-0.1, -0.05) is 0 Å². The molecule has 1 amide bonds. The van der Waals surface area contributed by atoms with E-state index in [0.717, 1.165) is 25.9 Å². The number of piperidine rings is 1. The molecule has 2 rings (SSSR count). The second-order valence-electron chi connectivity index (χ2n) is 5.78. The molecule has 0 saturated carbocycles. The van der Waals surface area contributed by atoms with Crippen molar-refractivity contribution in [2.75, 3.05) is 38.2 Å². The zero-order valence-corrected chi connectivity index (χ0v) is 12.7. The van der Waals surface area contributed by atoms with Crippen molar-refractivity contribution >= 4 is 15.7 Å². The molecule has 6 heteroatoms. The Morgan fingerprint density at radius 3 is 2.63 bits per heavy atom. The Kier molecular flexibility index (Phi) is 4.50. The van der Waals surface area contributed by atoms with Crippen LogP contribution in [0.4, 0.5) is 0 Å². The summed E-state index contributed by atoms with van der Waals surface area (Å²) in [4.78, 5) is 16.6. The lowest BCUT2D eigenvalue weighted by Crippen LogP contribution is -2.48. The van der Waals surface area contributed by atoms with Crippen LogP contribution in [0.5, 0.6) is 0 Å². The second-order valence-corrected chi connectivity index (χ2v) is 8.01. The monoisotopic (exact) mass is 288 g/mol. The topological polar surface area (TPSA) is 57.7 Å². The van der Waals surface area contributed by atoms with Crippen molar-refractivity contribution in [3.05, 3.63) is 0 Å². The van der Waals surface area contributed by atoms with Gasteiger partial charge in [0.25, 0.3) is 0 Å². The smallest absolute Gasteiger partial charge is 0.227 e. The van der Waals surface area contributed by atoms with Gasteiger partial charge >= 0.3 is 0 Å². The molecular formula is C13H24N2O3S. The maximum atomic E-state index is 12.6. The van der Waals surface area contributed by atoms with E-state index in [1.807, 2.05) is 14.0 Å². The normalized spacial score (nSPS) is 31.3. The minimum atomic E-state index is -2.93. The highest BCUT2D eigenvalue weighted by atomic mass is 32.2. The van der Waals surface area contributed by atoms with Gasteiger partial charge in [0.15, 0.2) is 9.84 Å². The molecule has 0 aromatic rings. The largest absolute Gasteiger partial charge is 0.339 e. The van der Waals surface area contributed by atoms with Crippen molar-refractivity contribution in [2.45, 2.75) is 32.2 Å². The van der Waals surface area contributed by atoms with Crippen LogP contribution in [0.15, 0.2) is 0 Å². The van der Waals surface area contributed by atoms with Gasteiger partial charge in [-0.2, -0.15) is 0 Å². The Morgan fingerprint density at radius 2 is 2.11 bits per heavy atom. The first-order valence-electron chi connectivity index (χ1n) is 7.12. The lowest BCUT2D eigenvalue weighted by molar-refractivity contribution is -0.138. The van der Waals surface area contributed by atoms with Crippen LogP contribution in [0.2, 0.25) is 0 Å². The highest BCUT2D eigenvalue weighted by Crippen LogP contribution is 2.23. The average Bonchev–Trinajstić information content (AvgIpc) is 2.70. The van der Waals surface area contributed by atoms with Gasteiger partial charge in [0.1, 0.15) is 0 Å². The molecule has 19 heavy (non-hydrogen) atoms. The standard InChI is InChI=1S/C13H24N2O3S/c1-3-15(12-6-8-19(17,18)10-12)13(16)11-5-4-7-14(2)9-11/h11-12H,3-10H2,1-2H3. The van der Waals surface area contributed by atoms with Crippen molar-refractivity contribution < 1.29 is 13.2 Å². The Balaban J connectivity index is 2.03. The summed E-state index contributed by atoms with van der Waals surface area (Å²) < 4.78 is 23.1. The zero-order valence-electron chi connectivity index (χ0n) is 11.8. The number of amides is 1. The van der Waals surface area contributed by atoms with E-state index in [0.29, 0.717) is 13.0 Å². The van der Waals surface area contributed by atoms with E-state index in [-0.39, 0.29) is 29.4 Å². The van der Waals surface area contributed by atoms with Gasteiger partial charge in [-0.25, -0.2) is 8.42 Å². The van der Waals surface area contributed by atoms with Gasteiger partial charge in [-0.3, -0.25) is 4.79 Å². The molecule has 2 heterocycles. The highest BCUT2D eigenvalue weighted by molar-refractivity contribution is 7.91. The van der Waals surface area contributed by atoms with Crippen molar-refractivity contribution in [3.63, 3.8) is 0 Å². The van der Waals surface area contributed by atoms with Gasteiger partial charge in [-0.05, 0) is 39.8 Å². The van der Waals surface area contributed by atoms with Gasteiger partial charge in [0.05, 0.1) is 17.4 Å². The number of carbonyl (C=O) groups excluding carboxylic acids is 1. The van der Waals surface area contributed by atoms with Gasteiger partial charge in [0, 0.05) is 19.1 Å². The van der Waals surface area contributed by atoms with Crippen LogP contribution in [0.25, 0.3) is 0 Å². The summed E-state index contributed by atoms with van der Waals surface area (Å²) in [6.07, 6.45) is 2.58. The lowest BCUT2D eigenvalue weighted by atomic mass is 9.96. The summed E-state index contributed by atoms with van der Waals surface area (Å²) in [6, 6.07) is -0.102. The molecule has 2 fully saturated rings. The van der Waals surface area contributed by atoms with Crippen LogP contribution in [0, 0.1) is 5.92 Å². The maximum Gasteiger partial charge on any atom is 0.227 e. The minimum Gasteiger partial charge on any atom is -0.339 e. The maximum absolute atomic E-state index is 12.6. The molecule has 110 valence electrons. The molecule has 2 unspecified atom stereocenters. The molecule has 0 spiro atoms. The molecule has 2 aliphatic heterocycles. The van der Waals surface area contributed by atoms with Crippen molar-refractivity contribution in [3.8, 4) is 0 Å². The molecule has 0 N–H and O–H groups in total. The summed E-state index contributed by atoms with van der Waals surface area (Å²) in [6.45, 7) is 4.40. The molecular weight excluding hydrogens is 264 g/mol. The summed E-state index contributed by atoms with van der Waals surface area (Å²) in [5.74, 6) is 0.569. The predicted molar refractivity (Wildman–Crippen MR) is 74.7 cm³/mol. The van der Waals surface area contributed by atoms with Gasteiger partial charge in [-0.15, -0.1) is 0 Å². The number of hydrogen-bond donors (Lipinski definition) is 0. The van der Waals surface area contributed by atoms with E-state index in [4.69, 9.17) is 0 Å². The van der Waals surface area contributed by atoms with E-state index >= 15 is 0 Å². The Labute approximate surface area is 115 Å². The van der Waals surface area contributed by atoms with Crippen LogP contribution in [-0.4, -0.2) is 68.4 Å². The summed E-state index contributed by atoms with van der Waals surface area (Å²) in [5.41, 5.74) is 0. The number of likely N-dealkylation sites (tertiary alicyclic amines) is 1. The van der Waals surface area contributed by atoms with Crippen molar-refractivity contribution in [2.24, 2.45) is 5.92 Å². The highest BCUT2D eigenvalue weighted by Gasteiger charge is 2.36. The Hall–Kier alpha value is -0.620. The van der Waals surface area contributed by atoms with E-state index in [1.165, 1.54) is 0 Å². The van der Waals surface area contributed by atoms with Gasteiger partial charge < -0.3 is 9.80 Å². The van der Waals surface area contributed by atoms with E-state index in [1.54, 1.807) is 4.90 Å². The summed E-state index contributed by atoms with van der Waals surface area (Å²) in [5, 5.41) is 0. The molecule has 0 radical (unpaired) electrons. The minimum absolute atomic E-state index is 0.0435. The zero-order chi connectivity index (χ0) is 14.0. The van der Waals surface area contributed by atoms with Crippen LogP contribution in [-0.2, 0) is 14.6 Å². The van der Waals surface area contributed by atoms with Crippen molar-refractivity contribution in [1.82, 2.24) is 9.80 Å². The number of sulfone groups is 1. The molecule has 0 bridgehead atoms. The lowest BCUT2D eigenvalue weighted by Gasteiger charge is -2.35. The third-order valence-corrected chi connectivity index (χ3v) is 6.00. The van der Waals surface area contributed by atoms with Crippen LogP contribution >= 0.6 is 0 Å². The fourth-order valence-corrected chi connectivity index (χ4v) is 4.95. The van der Waals surface area contributed by atoms with Crippen LogP contribution in [0.3, 0.4) is 0 Å². The molecule has 2 saturated heterocycles. The molecule has 0 aliphatic carbocycles. The fraction of sp³-hybridized carbons (Fsp3) is 0.923. The molecule has 0 aromatic carbocycles. The second kappa shape index (κ2) is 5.79. The summed E-state index contributed by atoms with van der Waals surface area (Å²) >= 11 is 0. The van der Waals surface area contributed by atoms with E-state index < -0.39 is 9.84 Å². The van der Waals surface area contributed by atoms with E-state index in [2.05, 4.69) is 4.90 Å².